The van der Waals surface area contributed by atoms with Crippen LogP contribution in [0.5, 0.6) is 0 Å². The summed E-state index contributed by atoms with van der Waals surface area (Å²) in [5.41, 5.74) is 0.227. The molecular formula is C14H17N3O2. The first kappa shape index (κ1) is 12.0. The number of anilines is 1. The zero-order chi connectivity index (χ0) is 13.4. The predicted octanol–water partition coefficient (Wildman–Crippen LogP) is 1.82. The normalized spacial score (nSPS) is 22.8. The summed E-state index contributed by atoms with van der Waals surface area (Å²) in [6.45, 7) is 2.22. The first-order valence-corrected chi connectivity index (χ1v) is 6.67. The molecule has 0 radical (unpaired) electrons. The Labute approximate surface area is 110 Å². The largest absolute Gasteiger partial charge is 0.381 e. The van der Waals surface area contributed by atoms with Gasteiger partial charge in [-0.25, -0.2) is 0 Å². The van der Waals surface area contributed by atoms with Gasteiger partial charge in [-0.05, 0) is 30.9 Å². The summed E-state index contributed by atoms with van der Waals surface area (Å²) in [7, 11) is 0. The van der Waals surface area contributed by atoms with Gasteiger partial charge in [0.15, 0.2) is 0 Å². The minimum atomic E-state index is -0.266. The second kappa shape index (κ2) is 4.57. The summed E-state index contributed by atoms with van der Waals surface area (Å²) < 4.78 is 0. The fraction of sp³-hybridized carbons (Fsp3) is 0.429. The standard InChI is InChI=1S/C14H17N3O2/c1-8-4-2-6-10(8)15-11-7-3-5-9-12(11)14(19)17-16-13(9)18/h3,5,7-8,10,15H,2,4,6H2,1H3,(H,16,18)(H,17,19). The fourth-order valence-electron chi connectivity index (χ4n) is 2.91. The van der Waals surface area contributed by atoms with Crippen LogP contribution in [-0.4, -0.2) is 16.2 Å². The molecule has 0 aliphatic heterocycles. The lowest BCUT2D eigenvalue weighted by Gasteiger charge is -2.19. The summed E-state index contributed by atoms with van der Waals surface area (Å²) in [6, 6.07) is 5.72. The van der Waals surface area contributed by atoms with Gasteiger partial charge in [0.25, 0.3) is 11.1 Å². The van der Waals surface area contributed by atoms with E-state index >= 15 is 0 Å². The maximum Gasteiger partial charge on any atom is 0.272 e. The van der Waals surface area contributed by atoms with Gasteiger partial charge in [0.05, 0.1) is 10.8 Å². The van der Waals surface area contributed by atoms with Gasteiger partial charge >= 0.3 is 0 Å². The van der Waals surface area contributed by atoms with E-state index in [1.807, 2.05) is 6.07 Å². The molecule has 5 heteroatoms. The highest BCUT2D eigenvalue weighted by molar-refractivity contribution is 5.92. The highest BCUT2D eigenvalue weighted by Crippen LogP contribution is 2.29. The van der Waals surface area contributed by atoms with Crippen LogP contribution in [0.3, 0.4) is 0 Å². The molecule has 100 valence electrons. The third kappa shape index (κ3) is 2.05. The molecule has 1 aliphatic rings. The van der Waals surface area contributed by atoms with Gasteiger partial charge in [0.2, 0.25) is 0 Å². The number of hydrogen-bond acceptors (Lipinski definition) is 3. The van der Waals surface area contributed by atoms with E-state index in [-0.39, 0.29) is 11.1 Å². The number of fused-ring (bicyclic) bond motifs is 1. The number of rotatable bonds is 2. The molecule has 1 fully saturated rings. The SMILES string of the molecule is CC1CCCC1Nc1cccc2c(=O)[nH][nH]c(=O)c12. The Morgan fingerprint density at radius 1 is 1.16 bits per heavy atom. The van der Waals surface area contributed by atoms with E-state index in [0.717, 1.165) is 12.1 Å². The summed E-state index contributed by atoms with van der Waals surface area (Å²) >= 11 is 0. The van der Waals surface area contributed by atoms with E-state index in [0.29, 0.717) is 22.7 Å². The molecule has 1 saturated carbocycles. The van der Waals surface area contributed by atoms with Gasteiger partial charge < -0.3 is 5.32 Å². The van der Waals surface area contributed by atoms with E-state index in [2.05, 4.69) is 22.4 Å². The van der Waals surface area contributed by atoms with Gasteiger partial charge in [-0.1, -0.05) is 19.4 Å². The van der Waals surface area contributed by atoms with Crippen molar-refractivity contribution in [1.29, 1.82) is 0 Å². The maximum atomic E-state index is 11.9. The fourth-order valence-corrected chi connectivity index (χ4v) is 2.91. The second-order valence-corrected chi connectivity index (χ2v) is 5.30. The lowest BCUT2D eigenvalue weighted by atomic mass is 10.1. The third-order valence-corrected chi connectivity index (χ3v) is 4.03. The van der Waals surface area contributed by atoms with Crippen molar-refractivity contribution in [3.63, 3.8) is 0 Å². The zero-order valence-electron chi connectivity index (χ0n) is 10.8. The zero-order valence-corrected chi connectivity index (χ0v) is 10.8. The number of aromatic nitrogens is 2. The van der Waals surface area contributed by atoms with Crippen LogP contribution in [0.25, 0.3) is 10.8 Å². The molecule has 2 unspecified atom stereocenters. The van der Waals surface area contributed by atoms with Gasteiger partial charge in [0.1, 0.15) is 0 Å². The Hall–Kier alpha value is -2.04. The van der Waals surface area contributed by atoms with Crippen LogP contribution in [0.4, 0.5) is 5.69 Å². The second-order valence-electron chi connectivity index (χ2n) is 5.30. The van der Waals surface area contributed by atoms with E-state index in [4.69, 9.17) is 0 Å². The molecule has 1 aromatic heterocycles. The van der Waals surface area contributed by atoms with Crippen LogP contribution in [0, 0.1) is 5.92 Å². The smallest absolute Gasteiger partial charge is 0.272 e. The van der Waals surface area contributed by atoms with Crippen LogP contribution >= 0.6 is 0 Å². The molecule has 0 spiro atoms. The molecule has 1 heterocycles. The van der Waals surface area contributed by atoms with Crippen molar-refractivity contribution < 1.29 is 0 Å². The summed E-state index contributed by atoms with van der Waals surface area (Å²) in [5.74, 6) is 0.594. The number of benzene rings is 1. The Bertz CT molecular complexity index is 716. The molecule has 0 bridgehead atoms. The molecule has 0 amide bonds. The lowest BCUT2D eigenvalue weighted by molar-refractivity contribution is 0.557. The average molecular weight is 259 g/mol. The Kier molecular flexibility index (Phi) is 2.89. The number of nitrogens with one attached hydrogen (secondary N) is 3. The summed E-state index contributed by atoms with van der Waals surface area (Å²) in [5, 5.41) is 9.05. The Morgan fingerprint density at radius 2 is 1.95 bits per heavy atom. The summed E-state index contributed by atoms with van der Waals surface area (Å²) in [6.07, 6.45) is 3.53. The van der Waals surface area contributed by atoms with Crippen molar-refractivity contribution in [3.05, 3.63) is 38.9 Å². The number of hydrogen-bond donors (Lipinski definition) is 3. The first-order chi connectivity index (χ1) is 9.16. The molecule has 19 heavy (non-hydrogen) atoms. The van der Waals surface area contributed by atoms with E-state index in [9.17, 15) is 9.59 Å². The lowest BCUT2D eigenvalue weighted by Crippen LogP contribution is -2.25. The number of H-pyrrole nitrogens is 2. The predicted molar refractivity (Wildman–Crippen MR) is 75.6 cm³/mol. The molecule has 2 atom stereocenters. The molecule has 5 nitrogen and oxygen atoms in total. The minimum Gasteiger partial charge on any atom is -0.381 e. The van der Waals surface area contributed by atoms with Crippen molar-refractivity contribution in [2.75, 3.05) is 5.32 Å². The van der Waals surface area contributed by atoms with Crippen molar-refractivity contribution in [1.82, 2.24) is 10.2 Å². The maximum absolute atomic E-state index is 11.9. The van der Waals surface area contributed by atoms with E-state index < -0.39 is 0 Å². The molecular weight excluding hydrogens is 242 g/mol. The highest BCUT2D eigenvalue weighted by atomic mass is 16.1. The van der Waals surface area contributed by atoms with Crippen molar-refractivity contribution in [3.8, 4) is 0 Å². The molecule has 3 rings (SSSR count). The topological polar surface area (TPSA) is 77.8 Å². The Morgan fingerprint density at radius 3 is 2.68 bits per heavy atom. The highest BCUT2D eigenvalue weighted by Gasteiger charge is 2.23. The molecule has 1 aromatic carbocycles. The van der Waals surface area contributed by atoms with Gasteiger partial charge in [-0.2, -0.15) is 0 Å². The van der Waals surface area contributed by atoms with Crippen LogP contribution in [0.15, 0.2) is 27.8 Å². The van der Waals surface area contributed by atoms with Crippen LogP contribution in [0.2, 0.25) is 0 Å². The van der Waals surface area contributed by atoms with E-state index in [1.165, 1.54) is 12.8 Å². The van der Waals surface area contributed by atoms with E-state index in [1.54, 1.807) is 12.1 Å². The third-order valence-electron chi connectivity index (χ3n) is 4.03. The molecule has 1 aliphatic carbocycles. The number of aromatic amines is 2. The van der Waals surface area contributed by atoms with Gasteiger partial charge in [0, 0.05) is 11.7 Å². The van der Waals surface area contributed by atoms with Crippen molar-refractivity contribution in [2.24, 2.45) is 5.92 Å². The minimum absolute atomic E-state index is 0.261. The Balaban J connectivity index is 2.11. The van der Waals surface area contributed by atoms with Crippen molar-refractivity contribution in [2.45, 2.75) is 32.2 Å². The quantitative estimate of drug-likeness (QED) is 0.769. The van der Waals surface area contributed by atoms with Gasteiger partial charge in [-0.3, -0.25) is 19.8 Å². The molecule has 2 aromatic rings. The van der Waals surface area contributed by atoms with Gasteiger partial charge in [-0.15, -0.1) is 0 Å². The molecule has 3 N–H and O–H groups in total. The monoisotopic (exact) mass is 259 g/mol. The first-order valence-electron chi connectivity index (χ1n) is 6.67. The van der Waals surface area contributed by atoms with Crippen LogP contribution < -0.4 is 16.4 Å². The summed E-state index contributed by atoms with van der Waals surface area (Å²) in [4.78, 5) is 23.7. The van der Waals surface area contributed by atoms with Crippen LogP contribution in [-0.2, 0) is 0 Å². The van der Waals surface area contributed by atoms with Crippen LogP contribution in [0.1, 0.15) is 26.2 Å². The average Bonchev–Trinajstić information content (AvgIpc) is 2.80. The van der Waals surface area contributed by atoms with Crippen molar-refractivity contribution >= 4 is 16.5 Å². The molecule has 0 saturated heterocycles.